The van der Waals surface area contributed by atoms with Crippen LogP contribution in [0.1, 0.15) is 26.3 Å². The zero-order valence-corrected chi connectivity index (χ0v) is 18.8. The number of rotatable bonds is 8. The fourth-order valence-corrected chi connectivity index (χ4v) is 3.55. The molecule has 0 spiro atoms. The Bertz CT molecular complexity index is 1340. The summed E-state index contributed by atoms with van der Waals surface area (Å²) in [6.07, 6.45) is 0. The van der Waals surface area contributed by atoms with Crippen molar-refractivity contribution in [3.63, 3.8) is 0 Å². The minimum Gasteiger partial charge on any atom is -0.482 e. The first-order valence-electron chi connectivity index (χ1n) is 10.3. The summed E-state index contributed by atoms with van der Waals surface area (Å²) in [4.78, 5) is 47.5. The number of hydrogen-bond donors (Lipinski definition) is 2. The molecule has 178 valence electrons. The number of anilines is 2. The molecule has 0 atom stereocenters. The van der Waals surface area contributed by atoms with Crippen molar-refractivity contribution in [1.29, 1.82) is 0 Å². The number of ketones is 1. The Kier molecular flexibility index (Phi) is 6.93. The number of nitro groups is 1. The molecule has 0 aromatic heterocycles. The summed E-state index contributed by atoms with van der Waals surface area (Å²) >= 11 is 6.17. The van der Waals surface area contributed by atoms with Gasteiger partial charge in [-0.05, 0) is 35.9 Å². The van der Waals surface area contributed by atoms with Crippen molar-refractivity contribution >= 4 is 46.3 Å². The molecule has 0 fully saturated rings. The van der Waals surface area contributed by atoms with Gasteiger partial charge in [-0.3, -0.25) is 19.7 Å². The van der Waals surface area contributed by atoms with Gasteiger partial charge in [-0.25, -0.2) is 4.79 Å². The number of fused-ring (bicyclic) bond motifs is 1. The van der Waals surface area contributed by atoms with E-state index in [1.54, 1.807) is 24.3 Å². The monoisotopic (exact) mass is 495 g/mol. The molecule has 1 heterocycles. The number of nitrogens with zero attached hydrogens (tertiary/aromatic N) is 1. The number of hydrogen-bond acceptors (Lipinski definition) is 8. The third-order valence-electron chi connectivity index (χ3n) is 5.13. The van der Waals surface area contributed by atoms with Gasteiger partial charge in [-0.15, -0.1) is 0 Å². The molecule has 0 aliphatic carbocycles. The highest BCUT2D eigenvalue weighted by molar-refractivity contribution is 6.31. The van der Waals surface area contributed by atoms with Crippen LogP contribution < -0.4 is 15.4 Å². The summed E-state index contributed by atoms with van der Waals surface area (Å²) in [5.41, 5.74) is 1.15. The summed E-state index contributed by atoms with van der Waals surface area (Å²) in [5, 5.41) is 17.4. The van der Waals surface area contributed by atoms with Gasteiger partial charge in [-0.1, -0.05) is 29.8 Å². The highest BCUT2D eigenvalue weighted by Crippen LogP contribution is 2.29. The third kappa shape index (κ3) is 5.56. The van der Waals surface area contributed by atoms with Crippen LogP contribution in [0.25, 0.3) is 0 Å². The lowest BCUT2D eigenvalue weighted by Crippen LogP contribution is -2.25. The van der Waals surface area contributed by atoms with Crippen LogP contribution in [0.3, 0.4) is 0 Å². The van der Waals surface area contributed by atoms with Crippen LogP contribution in [0, 0.1) is 10.1 Å². The number of amides is 1. The number of nitrogens with one attached hydrogen (secondary N) is 2. The van der Waals surface area contributed by atoms with E-state index in [2.05, 4.69) is 10.6 Å². The van der Waals surface area contributed by atoms with Gasteiger partial charge >= 0.3 is 5.97 Å². The molecule has 1 aliphatic rings. The van der Waals surface area contributed by atoms with E-state index in [0.717, 1.165) is 11.6 Å². The van der Waals surface area contributed by atoms with Crippen LogP contribution in [0.15, 0.2) is 60.7 Å². The molecular weight excluding hydrogens is 478 g/mol. The van der Waals surface area contributed by atoms with Crippen molar-refractivity contribution in [2.45, 2.75) is 6.54 Å². The van der Waals surface area contributed by atoms with Gasteiger partial charge in [0.1, 0.15) is 5.75 Å². The van der Waals surface area contributed by atoms with Gasteiger partial charge < -0.3 is 20.1 Å². The fraction of sp³-hybridized carbons (Fsp3) is 0.125. The average Bonchev–Trinajstić information content (AvgIpc) is 2.86. The van der Waals surface area contributed by atoms with Gasteiger partial charge in [0.2, 0.25) is 0 Å². The Morgan fingerprint density at radius 3 is 2.71 bits per heavy atom. The maximum absolute atomic E-state index is 12.8. The van der Waals surface area contributed by atoms with Crippen molar-refractivity contribution < 1.29 is 28.8 Å². The molecule has 11 heteroatoms. The van der Waals surface area contributed by atoms with Crippen LogP contribution >= 0.6 is 11.6 Å². The van der Waals surface area contributed by atoms with Gasteiger partial charge in [0.25, 0.3) is 11.6 Å². The molecule has 1 aliphatic heterocycles. The molecule has 0 saturated heterocycles. The third-order valence-corrected chi connectivity index (χ3v) is 5.50. The number of ether oxygens (including phenoxy) is 2. The lowest BCUT2D eigenvalue weighted by atomic mass is 10.1. The first-order chi connectivity index (χ1) is 16.8. The number of halogens is 1. The second kappa shape index (κ2) is 10.2. The molecule has 1 amide bonds. The highest BCUT2D eigenvalue weighted by atomic mass is 35.5. The number of benzene rings is 3. The Labute approximate surface area is 203 Å². The van der Waals surface area contributed by atoms with E-state index in [1.165, 1.54) is 30.3 Å². The molecule has 10 nitrogen and oxygen atoms in total. The average molecular weight is 496 g/mol. The summed E-state index contributed by atoms with van der Waals surface area (Å²) in [5.74, 6) is -1.38. The molecule has 3 aromatic carbocycles. The smallest absolute Gasteiger partial charge is 0.340 e. The number of non-ortho nitro benzene ring substituents is 1. The standard InChI is InChI=1S/C24H18ClN3O7/c25-18-4-2-1-3-15(18)11-26-19-7-6-16(28(32)33)10-17(19)24(31)35-12-21(29)14-5-8-22-20(9-14)27-23(30)13-34-22/h1-10,26H,11-13H2,(H,27,30). The maximum Gasteiger partial charge on any atom is 0.340 e. The fourth-order valence-electron chi connectivity index (χ4n) is 3.35. The molecule has 3 aromatic rings. The first kappa shape index (κ1) is 23.7. The van der Waals surface area contributed by atoms with E-state index in [0.29, 0.717) is 16.5 Å². The number of Topliss-reactive ketones (excluding diaryl/α,β-unsaturated/α-hetero) is 1. The number of nitro benzene ring substituents is 1. The predicted octanol–water partition coefficient (Wildman–Crippen LogP) is 4.23. The Morgan fingerprint density at radius 2 is 1.94 bits per heavy atom. The van der Waals surface area contributed by atoms with Crippen molar-refractivity contribution in [2.24, 2.45) is 0 Å². The maximum atomic E-state index is 12.8. The molecule has 35 heavy (non-hydrogen) atoms. The Morgan fingerprint density at radius 1 is 1.14 bits per heavy atom. The normalized spacial score (nSPS) is 12.1. The largest absolute Gasteiger partial charge is 0.482 e. The van der Waals surface area contributed by atoms with Gasteiger partial charge in [0.15, 0.2) is 19.0 Å². The van der Waals surface area contributed by atoms with Crippen LogP contribution in [0.5, 0.6) is 5.75 Å². The molecule has 0 unspecified atom stereocenters. The molecular formula is C24H18ClN3O7. The van der Waals surface area contributed by atoms with Crippen molar-refractivity contribution in [3.05, 3.63) is 92.5 Å². The molecule has 0 bridgehead atoms. The van der Waals surface area contributed by atoms with Gasteiger partial charge in [-0.2, -0.15) is 0 Å². The van der Waals surface area contributed by atoms with Crippen LogP contribution in [-0.2, 0) is 16.1 Å². The quantitative estimate of drug-likeness (QED) is 0.205. The topological polar surface area (TPSA) is 137 Å². The van der Waals surface area contributed by atoms with E-state index in [4.69, 9.17) is 21.1 Å². The minimum atomic E-state index is -0.918. The van der Waals surface area contributed by atoms with E-state index < -0.39 is 23.3 Å². The molecule has 2 N–H and O–H groups in total. The zero-order valence-electron chi connectivity index (χ0n) is 18.1. The Hall–Kier alpha value is -4.44. The molecule has 4 rings (SSSR count). The van der Waals surface area contributed by atoms with Crippen molar-refractivity contribution in [2.75, 3.05) is 23.8 Å². The summed E-state index contributed by atoms with van der Waals surface area (Å²) in [7, 11) is 0. The highest BCUT2D eigenvalue weighted by Gasteiger charge is 2.21. The molecule has 0 radical (unpaired) electrons. The van der Waals surface area contributed by atoms with E-state index in [1.807, 2.05) is 0 Å². The van der Waals surface area contributed by atoms with Gasteiger partial charge in [0, 0.05) is 35.0 Å². The van der Waals surface area contributed by atoms with Crippen molar-refractivity contribution in [3.8, 4) is 5.75 Å². The van der Waals surface area contributed by atoms with Crippen LogP contribution in [-0.4, -0.2) is 35.8 Å². The van der Waals surface area contributed by atoms with Crippen LogP contribution in [0.2, 0.25) is 5.02 Å². The van der Waals surface area contributed by atoms with Crippen molar-refractivity contribution in [1.82, 2.24) is 0 Å². The van der Waals surface area contributed by atoms with E-state index >= 15 is 0 Å². The second-order valence-corrected chi connectivity index (χ2v) is 7.89. The summed E-state index contributed by atoms with van der Waals surface area (Å²) < 4.78 is 10.4. The molecule has 0 saturated carbocycles. The lowest BCUT2D eigenvalue weighted by molar-refractivity contribution is -0.384. The van der Waals surface area contributed by atoms with E-state index in [9.17, 15) is 24.5 Å². The predicted molar refractivity (Wildman–Crippen MR) is 127 cm³/mol. The van der Waals surface area contributed by atoms with Crippen LogP contribution in [0.4, 0.5) is 17.1 Å². The van der Waals surface area contributed by atoms with Gasteiger partial charge in [0.05, 0.1) is 16.2 Å². The SMILES string of the molecule is O=C1COc2ccc(C(=O)COC(=O)c3cc([N+](=O)[O-])ccc3NCc3ccccc3Cl)cc2N1. The number of carbonyl (C=O) groups excluding carboxylic acids is 3. The number of esters is 1. The lowest BCUT2D eigenvalue weighted by Gasteiger charge is -2.18. The summed E-state index contributed by atoms with van der Waals surface area (Å²) in [6.45, 7) is -0.480. The first-order valence-corrected chi connectivity index (χ1v) is 10.7. The Balaban J connectivity index is 1.48. The van der Waals surface area contributed by atoms with E-state index in [-0.39, 0.29) is 41.6 Å². The second-order valence-electron chi connectivity index (χ2n) is 7.48. The zero-order chi connectivity index (χ0) is 24.9. The summed E-state index contributed by atoms with van der Waals surface area (Å²) in [6, 6.07) is 15.2. The minimum absolute atomic E-state index is 0.106. The number of carbonyl (C=O) groups is 3.